The number of carbonyl (C=O) groups excluding carboxylic acids is 1. The number of hydrogen-bond donors (Lipinski definition) is 2. The second-order valence-electron chi connectivity index (χ2n) is 9.02. The molecule has 160 valence electrons. The van der Waals surface area contributed by atoms with Crippen LogP contribution in [-0.4, -0.2) is 57.6 Å². The highest BCUT2D eigenvalue weighted by Crippen LogP contribution is 2.40. The lowest BCUT2D eigenvalue weighted by atomic mass is 10.0. The van der Waals surface area contributed by atoms with Gasteiger partial charge in [-0.05, 0) is 26.7 Å². The Kier molecular flexibility index (Phi) is 5.18. The van der Waals surface area contributed by atoms with Gasteiger partial charge in [-0.15, -0.1) is 0 Å². The maximum atomic E-state index is 13.1. The highest BCUT2D eigenvalue weighted by atomic mass is 32.2. The Labute approximate surface area is 173 Å². The molecule has 1 saturated heterocycles. The Morgan fingerprint density at radius 2 is 1.93 bits per heavy atom. The summed E-state index contributed by atoms with van der Waals surface area (Å²) in [5, 5.41) is 3.37. The zero-order valence-corrected chi connectivity index (χ0v) is 18.1. The first-order chi connectivity index (χ1) is 13.7. The summed E-state index contributed by atoms with van der Waals surface area (Å²) in [5.74, 6) is 1.54. The van der Waals surface area contributed by atoms with Crippen molar-refractivity contribution in [3.05, 3.63) is 6.20 Å². The van der Waals surface area contributed by atoms with Gasteiger partial charge < -0.3 is 22.9 Å². The van der Waals surface area contributed by atoms with Crippen LogP contribution >= 0.6 is 0 Å². The van der Waals surface area contributed by atoms with Crippen LogP contribution in [0.3, 0.4) is 0 Å². The van der Waals surface area contributed by atoms with Crippen molar-refractivity contribution in [2.75, 3.05) is 30.4 Å². The number of nitrogens with one attached hydrogen (secondary N) is 2. The molecule has 1 aromatic rings. The van der Waals surface area contributed by atoms with Gasteiger partial charge in [0, 0.05) is 35.7 Å². The van der Waals surface area contributed by atoms with Crippen LogP contribution < -0.4 is 15.0 Å². The first-order valence-electron chi connectivity index (χ1n) is 10.3. The van der Waals surface area contributed by atoms with Crippen molar-refractivity contribution >= 4 is 28.5 Å². The van der Waals surface area contributed by atoms with Crippen LogP contribution in [0, 0.1) is 4.78 Å². The third-order valence-electron chi connectivity index (χ3n) is 6.39. The smallest absolute Gasteiger partial charge is 0.272 e. The molecular weight excluding hydrogens is 392 g/mol. The summed E-state index contributed by atoms with van der Waals surface area (Å²) in [6, 6.07) is 0.311. The van der Waals surface area contributed by atoms with E-state index in [2.05, 4.69) is 15.3 Å². The molecule has 0 radical (unpaired) electrons. The van der Waals surface area contributed by atoms with Crippen LogP contribution in [0.25, 0.3) is 0 Å². The number of piperidine rings is 1. The number of hydrogen-bond acceptors (Lipinski definition) is 8. The number of aromatic nitrogens is 2. The fourth-order valence-corrected chi connectivity index (χ4v) is 5.03. The molecule has 29 heavy (non-hydrogen) atoms. The lowest BCUT2D eigenvalue weighted by molar-refractivity contribution is -0.785. The molecule has 0 unspecified atom stereocenters. The van der Waals surface area contributed by atoms with Crippen LogP contribution in [0.2, 0.25) is 0 Å². The molecule has 1 amide bonds. The van der Waals surface area contributed by atoms with Crippen LogP contribution in [0.15, 0.2) is 6.20 Å². The Hall–Kier alpha value is -1.94. The molecule has 4 rings (SSSR count). The van der Waals surface area contributed by atoms with Crippen molar-refractivity contribution in [2.45, 2.75) is 70.1 Å². The number of anilines is 2. The summed E-state index contributed by atoms with van der Waals surface area (Å²) in [6.07, 6.45) is 7.44. The lowest BCUT2D eigenvalue weighted by Gasteiger charge is -2.43. The molecular formula is C19H30N6O3S. The first kappa shape index (κ1) is 20.3. The molecule has 9 nitrogen and oxygen atoms in total. The van der Waals surface area contributed by atoms with Crippen molar-refractivity contribution < 1.29 is 17.6 Å². The highest BCUT2D eigenvalue weighted by Gasteiger charge is 2.45. The number of quaternary nitrogens is 1. The number of ether oxygens (including phenoxy) is 1. The molecule has 10 heteroatoms. The summed E-state index contributed by atoms with van der Waals surface area (Å²) in [5.41, 5.74) is -0.925. The second-order valence-corrected chi connectivity index (χ2v) is 10.4. The summed E-state index contributed by atoms with van der Waals surface area (Å²) in [4.78, 5) is 24.0. The topological polar surface area (TPSA) is 108 Å². The van der Waals surface area contributed by atoms with Gasteiger partial charge in [0.05, 0.1) is 26.3 Å². The van der Waals surface area contributed by atoms with E-state index in [0.29, 0.717) is 30.6 Å². The van der Waals surface area contributed by atoms with Gasteiger partial charge in [0.25, 0.3) is 5.91 Å². The third-order valence-corrected chi connectivity index (χ3v) is 7.55. The predicted octanol–water partition coefficient (Wildman–Crippen LogP) is 2.59. The van der Waals surface area contributed by atoms with Crippen LogP contribution in [0.5, 0.6) is 5.75 Å². The summed E-state index contributed by atoms with van der Waals surface area (Å²) >= 11 is 0. The van der Waals surface area contributed by atoms with E-state index in [4.69, 9.17) is 9.52 Å². The van der Waals surface area contributed by atoms with Gasteiger partial charge >= 0.3 is 0 Å². The van der Waals surface area contributed by atoms with E-state index in [-0.39, 0.29) is 21.9 Å². The Balaban J connectivity index is 1.55. The average Bonchev–Trinajstić information content (AvgIpc) is 3.19. The third kappa shape index (κ3) is 3.79. The number of likely N-dealkylation sites (tertiary alicyclic amines) is 1. The van der Waals surface area contributed by atoms with Crippen LogP contribution in [-0.2, 0) is 19.8 Å². The quantitative estimate of drug-likeness (QED) is 0.570. The second kappa shape index (κ2) is 7.39. The summed E-state index contributed by atoms with van der Waals surface area (Å²) in [6.45, 7) is 4.92. The molecule has 1 aliphatic carbocycles. The lowest BCUT2D eigenvalue weighted by Crippen LogP contribution is -2.56. The van der Waals surface area contributed by atoms with E-state index in [9.17, 15) is 9.00 Å². The molecule has 0 spiro atoms. The van der Waals surface area contributed by atoms with Crippen molar-refractivity contribution in [2.24, 2.45) is 0 Å². The fourth-order valence-electron chi connectivity index (χ4n) is 4.49. The molecule has 2 aliphatic heterocycles. The minimum absolute atomic E-state index is 0.0507. The number of amides is 1. The summed E-state index contributed by atoms with van der Waals surface area (Å²) < 4.78 is 25.4. The maximum absolute atomic E-state index is 13.1. The number of rotatable bonds is 4. The molecule has 2 N–H and O–H groups in total. The van der Waals surface area contributed by atoms with E-state index < -0.39 is 16.4 Å². The van der Waals surface area contributed by atoms with Gasteiger partial charge in [-0.1, -0.05) is 12.8 Å². The number of carbonyl (C=O) groups is 1. The minimum Gasteiger partial charge on any atom is -0.472 e. The normalized spacial score (nSPS) is 29.6. The first-order valence-corrected chi connectivity index (χ1v) is 11.4. The molecule has 0 aromatic carbocycles. The van der Waals surface area contributed by atoms with Crippen molar-refractivity contribution in [1.29, 1.82) is 4.78 Å². The zero-order chi connectivity index (χ0) is 20.8. The number of fused-ring (bicyclic) bond motifs is 1. The van der Waals surface area contributed by atoms with E-state index >= 15 is 0 Å². The highest BCUT2D eigenvalue weighted by molar-refractivity contribution is 7.67. The van der Waals surface area contributed by atoms with Crippen molar-refractivity contribution in [1.82, 2.24) is 9.97 Å². The Morgan fingerprint density at radius 3 is 2.55 bits per heavy atom. The molecule has 0 bridgehead atoms. The van der Waals surface area contributed by atoms with Gasteiger partial charge in [0.2, 0.25) is 5.95 Å². The van der Waals surface area contributed by atoms with Crippen molar-refractivity contribution in [3.63, 3.8) is 0 Å². The average molecular weight is 423 g/mol. The van der Waals surface area contributed by atoms with E-state index in [1.807, 2.05) is 11.9 Å². The van der Waals surface area contributed by atoms with E-state index in [1.165, 1.54) is 0 Å². The Bertz CT molecular complexity index is 865. The maximum Gasteiger partial charge on any atom is 0.272 e. The van der Waals surface area contributed by atoms with Crippen molar-refractivity contribution in [3.8, 4) is 5.75 Å². The predicted molar refractivity (Wildman–Crippen MR) is 110 cm³/mol. The van der Waals surface area contributed by atoms with E-state index in [0.717, 1.165) is 38.5 Å². The molecule has 1 aromatic heterocycles. The molecule has 1 saturated carbocycles. The fraction of sp³-hybridized carbons (Fsp3) is 0.737. The number of nitrogens with zero attached hydrogens (tertiary/aromatic N) is 4. The monoisotopic (exact) mass is 422 g/mol. The summed E-state index contributed by atoms with van der Waals surface area (Å²) in [7, 11) is 0.229. The molecule has 0 atom stereocenters. The van der Waals surface area contributed by atoms with E-state index in [1.54, 1.807) is 20.0 Å². The van der Waals surface area contributed by atoms with Gasteiger partial charge in [0.1, 0.15) is 0 Å². The Morgan fingerprint density at radius 1 is 1.28 bits per heavy atom. The minimum atomic E-state index is -1.63. The van der Waals surface area contributed by atoms with Crippen LogP contribution in [0.1, 0.15) is 52.4 Å². The zero-order valence-electron chi connectivity index (χ0n) is 17.3. The van der Waals surface area contributed by atoms with Gasteiger partial charge in [-0.3, -0.25) is 9.69 Å². The standard InChI is InChI=1S/C19H30N6O3S/c1-19(2)17(26)24(14-6-4-5-7-14)16-15(28-19)12-21-18(23-16)22-13-8-10-25(3,11-9-13)29(20)27/h12-14,20H,4-11H2,1-3H3,(H,21,22,23). The van der Waals surface area contributed by atoms with Gasteiger partial charge in [-0.2, -0.15) is 4.98 Å². The van der Waals surface area contributed by atoms with Crippen LogP contribution in [0.4, 0.5) is 11.8 Å². The molecule has 3 heterocycles. The molecule has 2 fully saturated rings. The largest absolute Gasteiger partial charge is 0.472 e. The SMILES string of the molecule is CC1(C)Oc2cnc(NC3CC[N+](C)([S-](=N)=O)CC3)nc2N(C2CCCC2)C1=O. The molecule has 3 aliphatic rings. The van der Waals surface area contributed by atoms with Gasteiger partial charge in [-0.25, -0.2) is 4.98 Å². The van der Waals surface area contributed by atoms with Gasteiger partial charge in [0.15, 0.2) is 17.2 Å².